The van der Waals surface area contributed by atoms with E-state index in [4.69, 9.17) is 0 Å². The van der Waals surface area contributed by atoms with E-state index >= 15 is 0 Å². The second-order valence-corrected chi connectivity index (χ2v) is 6.18. The van der Waals surface area contributed by atoms with Gasteiger partial charge < -0.3 is 0 Å². The van der Waals surface area contributed by atoms with Gasteiger partial charge in [-0.1, -0.05) is 31.6 Å². The van der Waals surface area contributed by atoms with Crippen molar-refractivity contribution in [3.8, 4) is 0 Å². The number of hydrogen-bond acceptors (Lipinski definition) is 4. The standard InChI is InChI=1S/C8H18N2OS2/c1-7(2,3)6(11)9-10-8(4,5)13-12/h10,12H,1-5H3,(H,9,11). The molecule has 0 atom stereocenters. The zero-order valence-electron chi connectivity index (χ0n) is 8.76. The van der Waals surface area contributed by atoms with E-state index in [-0.39, 0.29) is 16.2 Å². The van der Waals surface area contributed by atoms with Crippen molar-refractivity contribution in [2.24, 2.45) is 5.41 Å². The molecule has 0 fully saturated rings. The summed E-state index contributed by atoms with van der Waals surface area (Å²) in [7, 11) is 1.35. The summed E-state index contributed by atoms with van der Waals surface area (Å²) >= 11 is 4.08. The van der Waals surface area contributed by atoms with Crippen LogP contribution in [0.2, 0.25) is 0 Å². The minimum absolute atomic E-state index is 0.0250. The Kier molecular flexibility index (Phi) is 4.62. The predicted molar refractivity (Wildman–Crippen MR) is 61.4 cm³/mol. The number of rotatable bonds is 3. The van der Waals surface area contributed by atoms with Gasteiger partial charge in [-0.15, -0.1) is 11.7 Å². The van der Waals surface area contributed by atoms with Crippen molar-refractivity contribution in [3.63, 3.8) is 0 Å². The highest BCUT2D eigenvalue weighted by Gasteiger charge is 2.23. The molecule has 2 N–H and O–H groups in total. The molecule has 0 aliphatic carbocycles. The second-order valence-electron chi connectivity index (χ2n) is 4.43. The Hall–Kier alpha value is 0.130. The summed E-state index contributed by atoms with van der Waals surface area (Å²) in [5.41, 5.74) is 5.19. The number of thiol groups is 1. The Bertz CT molecular complexity index is 187. The Morgan fingerprint density at radius 2 is 1.69 bits per heavy atom. The highest BCUT2D eigenvalue weighted by Crippen LogP contribution is 2.23. The summed E-state index contributed by atoms with van der Waals surface area (Å²) in [6, 6.07) is 0. The van der Waals surface area contributed by atoms with Crippen molar-refractivity contribution in [3.05, 3.63) is 0 Å². The molecule has 0 saturated carbocycles. The Labute approximate surface area is 89.2 Å². The Morgan fingerprint density at radius 1 is 1.23 bits per heavy atom. The molecule has 0 aliphatic rings. The monoisotopic (exact) mass is 222 g/mol. The average molecular weight is 222 g/mol. The van der Waals surface area contributed by atoms with Crippen LogP contribution < -0.4 is 10.9 Å². The molecule has 0 unspecified atom stereocenters. The van der Waals surface area contributed by atoms with Crippen molar-refractivity contribution in [1.82, 2.24) is 10.9 Å². The van der Waals surface area contributed by atoms with Gasteiger partial charge in [-0.3, -0.25) is 10.2 Å². The van der Waals surface area contributed by atoms with Crippen LogP contribution in [0.3, 0.4) is 0 Å². The lowest BCUT2D eigenvalue weighted by molar-refractivity contribution is -0.129. The SMILES string of the molecule is CC(C)(NNC(=O)C(C)(C)C)SS. The second kappa shape index (κ2) is 4.57. The maximum absolute atomic E-state index is 11.4. The normalized spacial score (nSPS) is 12.8. The van der Waals surface area contributed by atoms with Gasteiger partial charge in [-0.25, -0.2) is 5.43 Å². The molecule has 5 heteroatoms. The van der Waals surface area contributed by atoms with Crippen LogP contribution in [0.15, 0.2) is 0 Å². The van der Waals surface area contributed by atoms with Crippen molar-refractivity contribution in [2.75, 3.05) is 0 Å². The van der Waals surface area contributed by atoms with Gasteiger partial charge in [0.25, 0.3) is 0 Å². The van der Waals surface area contributed by atoms with Gasteiger partial charge in [0.2, 0.25) is 5.91 Å². The van der Waals surface area contributed by atoms with Crippen LogP contribution in [0, 0.1) is 5.41 Å². The first kappa shape index (κ1) is 13.1. The molecule has 13 heavy (non-hydrogen) atoms. The highest BCUT2D eigenvalue weighted by molar-refractivity contribution is 8.69. The topological polar surface area (TPSA) is 41.1 Å². The van der Waals surface area contributed by atoms with Crippen LogP contribution in [0.1, 0.15) is 34.6 Å². The molecule has 0 heterocycles. The lowest BCUT2D eigenvalue weighted by atomic mass is 9.96. The van der Waals surface area contributed by atoms with Crippen molar-refractivity contribution in [1.29, 1.82) is 0 Å². The van der Waals surface area contributed by atoms with Crippen molar-refractivity contribution >= 4 is 28.4 Å². The molecule has 0 aliphatic heterocycles. The zero-order valence-corrected chi connectivity index (χ0v) is 10.5. The molecule has 0 spiro atoms. The van der Waals surface area contributed by atoms with Gasteiger partial charge in [0, 0.05) is 5.41 Å². The third kappa shape index (κ3) is 5.44. The van der Waals surface area contributed by atoms with E-state index in [0.29, 0.717) is 0 Å². The predicted octanol–water partition coefficient (Wildman–Crippen LogP) is 1.97. The van der Waals surface area contributed by atoms with Gasteiger partial charge in [0.15, 0.2) is 0 Å². The maximum atomic E-state index is 11.4. The van der Waals surface area contributed by atoms with Crippen LogP contribution in [0.5, 0.6) is 0 Å². The zero-order chi connectivity index (χ0) is 10.7. The van der Waals surface area contributed by atoms with Crippen LogP contribution in [-0.2, 0) is 4.79 Å². The fourth-order valence-corrected chi connectivity index (χ4v) is 0.651. The van der Waals surface area contributed by atoms with Crippen LogP contribution in [0.25, 0.3) is 0 Å². The van der Waals surface area contributed by atoms with Gasteiger partial charge in [-0.05, 0) is 13.8 Å². The molecule has 3 nitrogen and oxygen atoms in total. The molecule has 1 amide bonds. The third-order valence-corrected chi connectivity index (χ3v) is 3.31. The van der Waals surface area contributed by atoms with E-state index in [1.807, 2.05) is 34.6 Å². The lowest BCUT2D eigenvalue weighted by Crippen LogP contribution is -2.51. The number of nitrogens with one attached hydrogen (secondary N) is 2. The van der Waals surface area contributed by atoms with E-state index in [1.54, 1.807) is 0 Å². The first-order valence-corrected chi connectivity index (χ1v) is 5.96. The summed E-state index contributed by atoms with van der Waals surface area (Å²) in [5, 5.41) is 0. The summed E-state index contributed by atoms with van der Waals surface area (Å²) in [6.45, 7) is 9.47. The molecular weight excluding hydrogens is 204 g/mol. The number of hydrogen-bond donors (Lipinski definition) is 3. The van der Waals surface area contributed by atoms with Crippen LogP contribution in [0.4, 0.5) is 0 Å². The lowest BCUT2D eigenvalue weighted by Gasteiger charge is -2.26. The molecule has 0 saturated heterocycles. The van der Waals surface area contributed by atoms with Crippen LogP contribution in [-0.4, -0.2) is 10.8 Å². The Balaban J connectivity index is 3.98. The molecule has 0 aromatic carbocycles. The minimum Gasteiger partial charge on any atom is -0.290 e. The first-order chi connectivity index (χ1) is 5.69. The van der Waals surface area contributed by atoms with Gasteiger partial charge >= 0.3 is 0 Å². The highest BCUT2D eigenvalue weighted by atomic mass is 33.1. The molecule has 0 radical (unpaired) electrons. The summed E-state index contributed by atoms with van der Waals surface area (Å²) in [6.07, 6.45) is 0. The van der Waals surface area contributed by atoms with E-state index in [1.165, 1.54) is 10.8 Å². The maximum Gasteiger partial charge on any atom is 0.239 e. The number of amides is 1. The van der Waals surface area contributed by atoms with Crippen LogP contribution >= 0.6 is 22.5 Å². The van der Waals surface area contributed by atoms with E-state index < -0.39 is 0 Å². The Morgan fingerprint density at radius 3 is 2.00 bits per heavy atom. The van der Waals surface area contributed by atoms with E-state index in [9.17, 15) is 4.79 Å². The minimum atomic E-state index is -0.371. The third-order valence-electron chi connectivity index (χ3n) is 1.39. The van der Waals surface area contributed by atoms with Crippen molar-refractivity contribution in [2.45, 2.75) is 39.5 Å². The smallest absolute Gasteiger partial charge is 0.239 e. The molecule has 78 valence electrons. The van der Waals surface area contributed by atoms with Crippen molar-refractivity contribution < 1.29 is 4.79 Å². The fraction of sp³-hybridized carbons (Fsp3) is 0.875. The van der Waals surface area contributed by atoms with Gasteiger partial charge in [0.05, 0.1) is 4.87 Å². The number of carbonyl (C=O) groups is 1. The van der Waals surface area contributed by atoms with E-state index in [2.05, 4.69) is 22.5 Å². The molecule has 0 bridgehead atoms. The summed E-state index contributed by atoms with van der Waals surface area (Å²) in [4.78, 5) is 11.2. The average Bonchev–Trinajstić information content (AvgIpc) is 1.98. The fourth-order valence-electron chi connectivity index (χ4n) is 0.418. The number of carbonyl (C=O) groups excluding carboxylic acids is 1. The van der Waals surface area contributed by atoms with Gasteiger partial charge in [0.1, 0.15) is 0 Å². The molecule has 0 rings (SSSR count). The van der Waals surface area contributed by atoms with E-state index in [0.717, 1.165) is 0 Å². The summed E-state index contributed by atoms with van der Waals surface area (Å²) < 4.78 is 0. The molecular formula is C8H18N2OS2. The number of hydrazine groups is 1. The largest absolute Gasteiger partial charge is 0.290 e. The quantitative estimate of drug-likeness (QED) is 0.296. The molecule has 0 aromatic heterocycles. The molecule has 0 aromatic rings. The van der Waals surface area contributed by atoms with Gasteiger partial charge in [-0.2, -0.15) is 0 Å². The summed E-state index contributed by atoms with van der Waals surface area (Å²) in [5.74, 6) is -0.0250. The first-order valence-electron chi connectivity index (χ1n) is 4.09.